The molecule has 0 saturated carbocycles. The van der Waals surface area contributed by atoms with Gasteiger partial charge in [-0.05, 0) is 60.5 Å². The number of pyridine rings is 2. The van der Waals surface area contributed by atoms with E-state index >= 15 is 0 Å². The highest BCUT2D eigenvalue weighted by Gasteiger charge is 2.22. The summed E-state index contributed by atoms with van der Waals surface area (Å²) in [5.41, 5.74) is 6.80. The summed E-state index contributed by atoms with van der Waals surface area (Å²) in [5.74, 6) is 0.0808. The number of aryl methyl sites for hydroxylation is 3. The molecule has 1 unspecified atom stereocenters. The normalized spacial score (nSPS) is 16.4. The molecule has 0 aliphatic heterocycles. The van der Waals surface area contributed by atoms with Crippen molar-refractivity contribution in [2.75, 3.05) is 11.1 Å². The van der Waals surface area contributed by atoms with Crippen molar-refractivity contribution in [2.45, 2.75) is 19.9 Å². The van der Waals surface area contributed by atoms with Gasteiger partial charge in [-0.25, -0.2) is 15.0 Å². The van der Waals surface area contributed by atoms with E-state index in [4.69, 9.17) is 25.6 Å². The number of nitrogen functional groups attached to an aromatic ring is 1. The fourth-order valence-electron chi connectivity index (χ4n) is 4.46. The summed E-state index contributed by atoms with van der Waals surface area (Å²) < 4.78 is 59.1. The number of fused-ring (bicyclic) bond motifs is 3. The summed E-state index contributed by atoms with van der Waals surface area (Å²) in [6.45, 7) is -2.35. The maximum Gasteiger partial charge on any atom is 0.261 e. The molecular formula is C26H24ClN11O. The topological polar surface area (TPSA) is 147 Å². The molecule has 0 saturated heterocycles. The molecule has 3 N–H and O–H groups in total. The van der Waals surface area contributed by atoms with Crippen molar-refractivity contribution < 1.29 is 9.60 Å². The smallest absolute Gasteiger partial charge is 0.261 e. The van der Waals surface area contributed by atoms with E-state index in [0.717, 1.165) is 0 Å². The maximum atomic E-state index is 14.0. The largest absolute Gasteiger partial charge is 0.384 e. The van der Waals surface area contributed by atoms with Gasteiger partial charge in [-0.15, -0.1) is 10.2 Å². The van der Waals surface area contributed by atoms with Crippen molar-refractivity contribution in [3.05, 3.63) is 75.6 Å². The first kappa shape index (κ1) is 17.6. The van der Waals surface area contributed by atoms with Crippen LogP contribution in [0.1, 0.15) is 33.7 Å². The molecule has 0 radical (unpaired) electrons. The van der Waals surface area contributed by atoms with Crippen molar-refractivity contribution in [3.63, 3.8) is 0 Å². The minimum Gasteiger partial charge on any atom is -0.384 e. The molecular weight excluding hydrogens is 518 g/mol. The zero-order valence-corrected chi connectivity index (χ0v) is 21.3. The number of benzene rings is 1. The quantitative estimate of drug-likeness (QED) is 0.308. The number of rotatable bonds is 5. The van der Waals surface area contributed by atoms with Gasteiger partial charge in [-0.3, -0.25) is 13.8 Å². The summed E-state index contributed by atoms with van der Waals surface area (Å²) in [4.78, 5) is 27.3. The van der Waals surface area contributed by atoms with Crippen molar-refractivity contribution in [1.82, 2.24) is 44.1 Å². The lowest BCUT2D eigenvalue weighted by Gasteiger charge is -2.21. The summed E-state index contributed by atoms with van der Waals surface area (Å²) in [6, 6.07) is 7.62. The fraction of sp³-hybridized carbons (Fsp3) is 0.192. The van der Waals surface area contributed by atoms with E-state index in [-0.39, 0.29) is 56.0 Å². The Balaban J connectivity index is 1.60. The number of aromatic nitrogens is 9. The van der Waals surface area contributed by atoms with Crippen LogP contribution >= 0.6 is 11.6 Å². The fourth-order valence-corrected chi connectivity index (χ4v) is 4.60. The van der Waals surface area contributed by atoms with E-state index in [1.54, 1.807) is 25.1 Å². The molecule has 0 bridgehead atoms. The summed E-state index contributed by atoms with van der Waals surface area (Å²) in [7, 11) is 0. The number of nitrogens with zero attached hydrogens (tertiary/aromatic N) is 9. The lowest BCUT2D eigenvalue weighted by Crippen LogP contribution is -2.21. The number of imidazole rings is 1. The van der Waals surface area contributed by atoms with Gasteiger partial charge in [0.25, 0.3) is 5.56 Å². The predicted molar refractivity (Wildman–Crippen MR) is 149 cm³/mol. The summed E-state index contributed by atoms with van der Waals surface area (Å²) in [5, 5.41) is 14.5. The number of hydrogen-bond donors (Lipinski definition) is 2. The van der Waals surface area contributed by atoms with Crippen LogP contribution < -0.4 is 16.6 Å². The molecule has 6 rings (SSSR count). The first-order valence-electron chi connectivity index (χ1n) is 15.0. The van der Waals surface area contributed by atoms with Crippen LogP contribution in [-0.4, -0.2) is 44.1 Å². The second kappa shape index (κ2) is 9.17. The highest BCUT2D eigenvalue weighted by Crippen LogP contribution is 2.33. The Morgan fingerprint density at radius 3 is 2.77 bits per heavy atom. The van der Waals surface area contributed by atoms with Crippen LogP contribution in [0.4, 0.5) is 11.5 Å². The van der Waals surface area contributed by atoms with Gasteiger partial charge in [-0.1, -0.05) is 17.7 Å². The standard InChI is InChI=1S/C26H24ClN11O/c1-13-9-16(14(2)31-18-6-7-19(27)32-22(18)24-33-35-37(4)34-24)23-17(10-13)26(39)36(3)25-21(30-12-38(23)25)15-5-8-20(28)29-11-15/h5-12,14,31H,1-4H3,(H2,28,29)/i3D3,4D3,14D. The van der Waals surface area contributed by atoms with Crippen LogP contribution in [0.3, 0.4) is 0 Å². The highest BCUT2D eigenvalue weighted by molar-refractivity contribution is 6.29. The van der Waals surface area contributed by atoms with Gasteiger partial charge in [0.05, 0.1) is 31.0 Å². The molecule has 0 aliphatic rings. The van der Waals surface area contributed by atoms with Gasteiger partial charge in [0.2, 0.25) is 5.82 Å². The van der Waals surface area contributed by atoms with Gasteiger partial charge >= 0.3 is 0 Å². The minimum absolute atomic E-state index is 0.0223. The molecule has 5 aromatic heterocycles. The molecule has 6 aromatic rings. The van der Waals surface area contributed by atoms with Crippen LogP contribution in [0.25, 0.3) is 39.3 Å². The van der Waals surface area contributed by atoms with Crippen LogP contribution in [0.2, 0.25) is 5.15 Å². The lowest BCUT2D eigenvalue weighted by molar-refractivity contribution is 0.630. The molecule has 12 nitrogen and oxygen atoms in total. The van der Waals surface area contributed by atoms with Gasteiger partial charge < -0.3 is 11.1 Å². The molecule has 5 heterocycles. The van der Waals surface area contributed by atoms with E-state index in [1.807, 2.05) is 0 Å². The number of hydrogen-bond acceptors (Lipinski definition) is 9. The third-order valence-corrected chi connectivity index (χ3v) is 6.37. The highest BCUT2D eigenvalue weighted by atomic mass is 35.5. The Morgan fingerprint density at radius 1 is 1.15 bits per heavy atom. The Kier molecular flexibility index (Phi) is 4.14. The number of halogens is 1. The number of nitrogens with two attached hydrogens (primary N) is 1. The van der Waals surface area contributed by atoms with Crippen molar-refractivity contribution in [3.8, 4) is 22.8 Å². The number of nitrogens with one attached hydrogen (secondary N) is 1. The Morgan fingerprint density at radius 2 is 2.03 bits per heavy atom. The molecule has 1 atom stereocenters. The van der Waals surface area contributed by atoms with Crippen LogP contribution in [0, 0.1) is 6.92 Å². The monoisotopic (exact) mass is 548 g/mol. The Bertz CT molecular complexity index is 2200. The second-order valence-electron chi connectivity index (χ2n) is 8.79. The lowest BCUT2D eigenvalue weighted by atomic mass is 10.0. The first-order chi connectivity index (χ1) is 21.5. The van der Waals surface area contributed by atoms with Gasteiger partial charge in [0, 0.05) is 27.0 Å². The summed E-state index contributed by atoms with van der Waals surface area (Å²) in [6.07, 6.45) is 2.81. The first-order valence-corrected chi connectivity index (χ1v) is 11.9. The molecule has 39 heavy (non-hydrogen) atoms. The summed E-state index contributed by atoms with van der Waals surface area (Å²) >= 11 is 6.16. The van der Waals surface area contributed by atoms with Crippen LogP contribution in [0.5, 0.6) is 0 Å². The zero-order chi connectivity index (χ0) is 33.3. The van der Waals surface area contributed by atoms with E-state index < -0.39 is 25.5 Å². The van der Waals surface area contributed by atoms with E-state index in [9.17, 15) is 6.17 Å². The molecule has 0 amide bonds. The average Bonchev–Trinajstić information content (AvgIpc) is 3.62. The Hall–Kier alpha value is -4.84. The SMILES string of the molecule is [2H]C(C)(Nc1ccc(Cl)nc1-c1nnn(C([2H])([2H])[2H])n1)c1cc(C)cc2c(=O)n(C([2H])([2H])[2H])c3c(-c4ccc(N)nc4)ncn3c12. The maximum absolute atomic E-state index is 14.0. The second-order valence-corrected chi connectivity index (χ2v) is 9.18. The Labute approximate surface area is 236 Å². The molecule has 0 spiro atoms. The molecule has 13 heteroatoms. The van der Waals surface area contributed by atoms with Gasteiger partial charge in [0.15, 0.2) is 0 Å². The minimum atomic E-state index is -2.89. The third kappa shape index (κ3) is 4.14. The van der Waals surface area contributed by atoms with Gasteiger partial charge in [-0.2, -0.15) is 4.80 Å². The third-order valence-electron chi connectivity index (χ3n) is 6.16. The molecule has 196 valence electrons. The van der Waals surface area contributed by atoms with E-state index in [0.29, 0.717) is 20.5 Å². The zero-order valence-electron chi connectivity index (χ0n) is 27.5. The predicted octanol–water partition coefficient (Wildman–Crippen LogP) is 3.55. The van der Waals surface area contributed by atoms with Crippen molar-refractivity contribution in [2.24, 2.45) is 14.0 Å². The average molecular weight is 549 g/mol. The number of tetrazole rings is 1. The van der Waals surface area contributed by atoms with E-state index in [1.165, 1.54) is 42.0 Å². The molecule has 0 fully saturated rings. The van der Waals surface area contributed by atoms with Crippen LogP contribution in [-0.2, 0) is 14.0 Å². The van der Waals surface area contributed by atoms with Crippen molar-refractivity contribution in [1.29, 1.82) is 0 Å². The van der Waals surface area contributed by atoms with Crippen molar-refractivity contribution >= 4 is 39.7 Å². The van der Waals surface area contributed by atoms with E-state index in [2.05, 4.69) is 35.7 Å². The number of anilines is 2. The molecule has 0 aliphatic carbocycles. The van der Waals surface area contributed by atoms with Crippen LogP contribution in [0.15, 0.2) is 53.7 Å². The molecule has 1 aromatic carbocycles. The van der Waals surface area contributed by atoms with Gasteiger partial charge in [0.1, 0.15) is 34.3 Å².